The summed E-state index contributed by atoms with van der Waals surface area (Å²) in [6.07, 6.45) is 3.23. The molecule has 0 fully saturated rings. The van der Waals surface area contributed by atoms with Gasteiger partial charge in [0.05, 0.1) is 5.69 Å². The molecule has 2 rings (SSSR count). The zero-order valence-electron chi connectivity index (χ0n) is 8.77. The predicted octanol–water partition coefficient (Wildman–Crippen LogP) is 2.90. The zero-order valence-corrected chi connectivity index (χ0v) is 8.77. The van der Waals surface area contributed by atoms with E-state index in [9.17, 15) is 4.39 Å². The SMILES string of the molecule is Cc1cnccc1Oc1c(N)cccc1F. The van der Waals surface area contributed by atoms with Crippen LogP contribution in [-0.2, 0) is 0 Å². The van der Waals surface area contributed by atoms with E-state index in [2.05, 4.69) is 4.98 Å². The van der Waals surface area contributed by atoms with Crippen LogP contribution in [0.1, 0.15) is 5.56 Å². The summed E-state index contributed by atoms with van der Waals surface area (Å²) in [5.74, 6) is 0.125. The second-order valence-corrected chi connectivity index (χ2v) is 3.40. The zero-order chi connectivity index (χ0) is 11.5. The fourth-order valence-electron chi connectivity index (χ4n) is 1.32. The maximum atomic E-state index is 13.4. The van der Waals surface area contributed by atoms with Gasteiger partial charge in [0.25, 0.3) is 0 Å². The molecule has 1 heterocycles. The van der Waals surface area contributed by atoms with E-state index in [1.54, 1.807) is 24.5 Å². The van der Waals surface area contributed by atoms with Gasteiger partial charge in [-0.3, -0.25) is 4.98 Å². The molecule has 16 heavy (non-hydrogen) atoms. The van der Waals surface area contributed by atoms with Gasteiger partial charge in [-0.15, -0.1) is 0 Å². The molecule has 0 amide bonds. The molecule has 0 radical (unpaired) electrons. The number of hydrogen-bond donors (Lipinski definition) is 1. The summed E-state index contributed by atoms with van der Waals surface area (Å²) in [5, 5.41) is 0. The van der Waals surface area contributed by atoms with Crippen LogP contribution in [0.5, 0.6) is 11.5 Å². The molecule has 4 heteroatoms. The number of nitrogens with zero attached hydrogens (tertiary/aromatic N) is 1. The minimum atomic E-state index is -0.476. The molecule has 0 bridgehead atoms. The molecule has 0 saturated carbocycles. The van der Waals surface area contributed by atoms with Crippen molar-refractivity contribution >= 4 is 5.69 Å². The van der Waals surface area contributed by atoms with Crippen molar-refractivity contribution < 1.29 is 9.13 Å². The summed E-state index contributed by atoms with van der Waals surface area (Å²) >= 11 is 0. The van der Waals surface area contributed by atoms with Gasteiger partial charge < -0.3 is 10.5 Å². The van der Waals surface area contributed by atoms with Crippen LogP contribution in [0.3, 0.4) is 0 Å². The molecule has 2 N–H and O–H groups in total. The van der Waals surface area contributed by atoms with Crippen LogP contribution in [-0.4, -0.2) is 4.98 Å². The van der Waals surface area contributed by atoms with Crippen LogP contribution in [0.15, 0.2) is 36.7 Å². The van der Waals surface area contributed by atoms with Crippen molar-refractivity contribution in [1.82, 2.24) is 4.98 Å². The number of pyridine rings is 1. The van der Waals surface area contributed by atoms with E-state index in [1.807, 2.05) is 6.92 Å². The van der Waals surface area contributed by atoms with Crippen molar-refractivity contribution in [3.05, 3.63) is 48.0 Å². The molecule has 0 saturated heterocycles. The van der Waals surface area contributed by atoms with Crippen LogP contribution in [0.4, 0.5) is 10.1 Å². The van der Waals surface area contributed by atoms with Gasteiger partial charge in [-0.2, -0.15) is 0 Å². The number of benzene rings is 1. The van der Waals surface area contributed by atoms with Gasteiger partial charge in [-0.1, -0.05) is 6.07 Å². The standard InChI is InChI=1S/C12H11FN2O/c1-8-7-15-6-5-11(8)16-12-9(13)3-2-4-10(12)14/h2-7H,14H2,1H3. The average molecular weight is 218 g/mol. The Balaban J connectivity index is 2.38. The predicted molar refractivity (Wildman–Crippen MR) is 59.9 cm³/mol. The first-order chi connectivity index (χ1) is 7.68. The first-order valence-corrected chi connectivity index (χ1v) is 4.81. The first kappa shape index (κ1) is 10.4. The lowest BCUT2D eigenvalue weighted by molar-refractivity contribution is 0.441. The molecule has 0 atom stereocenters. The summed E-state index contributed by atoms with van der Waals surface area (Å²) in [7, 11) is 0. The van der Waals surface area contributed by atoms with E-state index < -0.39 is 5.82 Å². The first-order valence-electron chi connectivity index (χ1n) is 4.81. The Morgan fingerprint density at radius 1 is 1.31 bits per heavy atom. The van der Waals surface area contributed by atoms with Crippen LogP contribution < -0.4 is 10.5 Å². The number of ether oxygens (including phenoxy) is 1. The van der Waals surface area contributed by atoms with Crippen molar-refractivity contribution in [2.75, 3.05) is 5.73 Å². The smallest absolute Gasteiger partial charge is 0.185 e. The molecular weight excluding hydrogens is 207 g/mol. The lowest BCUT2D eigenvalue weighted by Gasteiger charge is -2.10. The third kappa shape index (κ3) is 1.95. The third-order valence-corrected chi connectivity index (χ3v) is 2.18. The van der Waals surface area contributed by atoms with E-state index >= 15 is 0 Å². The Kier molecular flexibility index (Phi) is 2.72. The van der Waals surface area contributed by atoms with Gasteiger partial charge in [0.2, 0.25) is 0 Å². The fourth-order valence-corrected chi connectivity index (χ4v) is 1.32. The number of halogens is 1. The molecule has 0 aliphatic heterocycles. The number of aryl methyl sites for hydroxylation is 1. The number of anilines is 1. The normalized spacial score (nSPS) is 10.1. The van der Waals surface area contributed by atoms with Crippen LogP contribution in [0, 0.1) is 12.7 Å². The minimum Gasteiger partial charge on any atom is -0.452 e. The third-order valence-electron chi connectivity index (χ3n) is 2.18. The van der Waals surface area contributed by atoms with Gasteiger partial charge >= 0.3 is 0 Å². The van der Waals surface area contributed by atoms with Crippen LogP contribution in [0.25, 0.3) is 0 Å². The maximum Gasteiger partial charge on any atom is 0.185 e. The second-order valence-electron chi connectivity index (χ2n) is 3.40. The topological polar surface area (TPSA) is 48.1 Å². The largest absolute Gasteiger partial charge is 0.452 e. The second kappa shape index (κ2) is 4.18. The van der Waals surface area contributed by atoms with Crippen molar-refractivity contribution in [2.45, 2.75) is 6.92 Å². The Hall–Kier alpha value is -2.10. The minimum absolute atomic E-state index is 0.0526. The molecule has 1 aromatic heterocycles. The molecule has 3 nitrogen and oxygen atoms in total. The number of hydrogen-bond acceptors (Lipinski definition) is 3. The molecule has 0 aliphatic carbocycles. The lowest BCUT2D eigenvalue weighted by Crippen LogP contribution is -1.96. The van der Waals surface area contributed by atoms with E-state index in [1.165, 1.54) is 12.1 Å². The molecule has 0 unspecified atom stereocenters. The van der Waals surface area contributed by atoms with Gasteiger partial charge in [0.1, 0.15) is 5.75 Å². The van der Waals surface area contributed by atoms with Crippen molar-refractivity contribution in [1.29, 1.82) is 0 Å². The van der Waals surface area contributed by atoms with E-state index in [0.717, 1.165) is 5.56 Å². The van der Waals surface area contributed by atoms with E-state index in [-0.39, 0.29) is 11.4 Å². The van der Waals surface area contributed by atoms with Gasteiger partial charge in [0, 0.05) is 18.0 Å². The number of rotatable bonds is 2. The van der Waals surface area contributed by atoms with E-state index in [4.69, 9.17) is 10.5 Å². The average Bonchev–Trinajstić information content (AvgIpc) is 2.26. The van der Waals surface area contributed by atoms with Crippen molar-refractivity contribution in [3.63, 3.8) is 0 Å². The van der Waals surface area contributed by atoms with Crippen LogP contribution >= 0.6 is 0 Å². The number of nitrogen functional groups attached to an aromatic ring is 1. The van der Waals surface area contributed by atoms with E-state index in [0.29, 0.717) is 5.75 Å². The number of para-hydroxylation sites is 1. The van der Waals surface area contributed by atoms with Crippen LogP contribution in [0.2, 0.25) is 0 Å². The number of aromatic nitrogens is 1. The van der Waals surface area contributed by atoms with Gasteiger partial charge in [0.15, 0.2) is 11.6 Å². The fraction of sp³-hybridized carbons (Fsp3) is 0.0833. The highest BCUT2D eigenvalue weighted by atomic mass is 19.1. The Morgan fingerprint density at radius 2 is 2.12 bits per heavy atom. The highest BCUT2D eigenvalue weighted by Gasteiger charge is 2.09. The lowest BCUT2D eigenvalue weighted by atomic mass is 10.2. The monoisotopic (exact) mass is 218 g/mol. The Labute approximate surface area is 92.7 Å². The molecule has 82 valence electrons. The number of nitrogens with two attached hydrogens (primary N) is 1. The summed E-state index contributed by atoms with van der Waals surface area (Å²) in [6, 6.07) is 6.11. The molecule has 2 aromatic rings. The molecular formula is C12H11FN2O. The summed E-state index contributed by atoms with van der Waals surface area (Å²) in [6.45, 7) is 1.83. The molecule has 1 aromatic carbocycles. The summed E-state index contributed by atoms with van der Waals surface area (Å²) in [5.41, 5.74) is 6.74. The maximum absolute atomic E-state index is 13.4. The summed E-state index contributed by atoms with van der Waals surface area (Å²) in [4.78, 5) is 3.93. The highest BCUT2D eigenvalue weighted by molar-refractivity contribution is 5.54. The van der Waals surface area contributed by atoms with Crippen molar-refractivity contribution in [2.24, 2.45) is 0 Å². The van der Waals surface area contributed by atoms with Gasteiger partial charge in [-0.25, -0.2) is 4.39 Å². The quantitative estimate of drug-likeness (QED) is 0.788. The van der Waals surface area contributed by atoms with Gasteiger partial charge in [-0.05, 0) is 25.1 Å². The highest BCUT2D eigenvalue weighted by Crippen LogP contribution is 2.31. The Bertz CT molecular complexity index is 494. The summed E-state index contributed by atoms with van der Waals surface area (Å²) < 4.78 is 18.9. The van der Waals surface area contributed by atoms with Crippen molar-refractivity contribution in [3.8, 4) is 11.5 Å². The Morgan fingerprint density at radius 3 is 2.81 bits per heavy atom. The molecule has 0 spiro atoms. The molecule has 0 aliphatic rings.